The minimum Gasteiger partial charge on any atom is -0.477 e. The average molecular weight is 913 g/mol. The summed E-state index contributed by atoms with van der Waals surface area (Å²) in [7, 11) is 5.53. The Morgan fingerprint density at radius 3 is 1.28 bits per heavy atom. The number of nitrogens with zero attached hydrogens (tertiary/aromatic N) is 1. The summed E-state index contributed by atoms with van der Waals surface area (Å²) in [6, 6.07) is -0.623. The number of carboxylic acid groups (broad SMARTS) is 1. The van der Waals surface area contributed by atoms with Gasteiger partial charge in [0.25, 0.3) is 0 Å². The minimum absolute atomic E-state index is 0.0485. The first-order valence-electron chi connectivity index (χ1n) is 26.9. The second kappa shape index (κ2) is 47.5. The highest BCUT2D eigenvalue weighted by Gasteiger charge is 2.31. The third-order valence-corrected chi connectivity index (χ3v) is 12.0. The van der Waals surface area contributed by atoms with E-state index in [0.717, 1.165) is 64.2 Å². The second-order valence-corrected chi connectivity index (χ2v) is 19.2. The topological polar surface area (TPSA) is 99.1 Å². The smallest absolute Gasteiger partial charge is 0.362 e. The van der Waals surface area contributed by atoms with Gasteiger partial charge in [-0.3, -0.25) is 9.59 Å². The van der Waals surface area contributed by atoms with Crippen LogP contribution in [0.15, 0.2) is 60.8 Å². The number of carboxylic acids is 1. The van der Waals surface area contributed by atoms with Gasteiger partial charge in [0.1, 0.15) is 6.61 Å². The van der Waals surface area contributed by atoms with Crippen LogP contribution in [0.1, 0.15) is 232 Å². The van der Waals surface area contributed by atoms with E-state index in [0.29, 0.717) is 19.3 Å². The van der Waals surface area contributed by atoms with Gasteiger partial charge in [-0.15, -0.1) is 0 Å². The van der Waals surface area contributed by atoms with E-state index in [1.54, 1.807) is 0 Å². The highest BCUT2D eigenvalue weighted by atomic mass is 16.6. The molecule has 0 amide bonds. The summed E-state index contributed by atoms with van der Waals surface area (Å²) >= 11 is 0. The molecule has 8 nitrogen and oxygen atoms in total. The predicted octanol–water partition coefficient (Wildman–Crippen LogP) is 15.7. The highest BCUT2D eigenvalue weighted by Crippen LogP contribution is 2.15. The van der Waals surface area contributed by atoms with Crippen molar-refractivity contribution in [2.45, 2.75) is 244 Å². The molecule has 0 rings (SSSR count). The summed E-state index contributed by atoms with van der Waals surface area (Å²) in [6.45, 7) is 4.69. The lowest BCUT2D eigenvalue weighted by atomic mass is 10.0. The molecule has 0 spiro atoms. The van der Waals surface area contributed by atoms with Crippen LogP contribution in [0, 0.1) is 0 Å². The van der Waals surface area contributed by atoms with Gasteiger partial charge in [-0.25, -0.2) is 4.79 Å². The quantitative estimate of drug-likeness (QED) is 0.0213. The zero-order chi connectivity index (χ0) is 47.7. The van der Waals surface area contributed by atoms with Gasteiger partial charge in [0.05, 0.1) is 34.4 Å². The number of carbonyl (C=O) groups excluding carboxylic acids is 2. The largest absolute Gasteiger partial charge is 0.477 e. The van der Waals surface area contributed by atoms with Crippen molar-refractivity contribution in [2.24, 2.45) is 0 Å². The molecular weight excluding hydrogens is 811 g/mol. The van der Waals surface area contributed by atoms with E-state index in [4.69, 9.17) is 14.2 Å². The SMILES string of the molecule is CCCCC/C=C/C=C/C=C/C=C/CCCCCCCC(=O)OC(COCCC(C(=O)O)[N+](C)(C)C)COC(=O)CCCCCCCCC/C=C/CCCCCCCCCCCCCC. The van der Waals surface area contributed by atoms with Crippen LogP contribution in [0.25, 0.3) is 0 Å². The molecule has 1 N–H and O–H groups in total. The number of rotatable bonds is 48. The monoisotopic (exact) mass is 913 g/mol. The zero-order valence-electron chi connectivity index (χ0n) is 42.9. The predicted molar refractivity (Wildman–Crippen MR) is 275 cm³/mol. The number of esters is 2. The first-order valence-corrected chi connectivity index (χ1v) is 26.9. The number of likely N-dealkylation sites (N-methyl/N-ethyl adjacent to an activating group) is 1. The summed E-state index contributed by atoms with van der Waals surface area (Å²) < 4.78 is 17.3. The Hall–Kier alpha value is -2.97. The number of aliphatic carboxylic acids is 1. The fraction of sp³-hybridized carbons (Fsp3) is 0.772. The van der Waals surface area contributed by atoms with Crippen LogP contribution in [0.2, 0.25) is 0 Å². The third kappa shape index (κ3) is 46.0. The maximum Gasteiger partial charge on any atom is 0.362 e. The van der Waals surface area contributed by atoms with Gasteiger partial charge < -0.3 is 23.8 Å². The Kier molecular flexibility index (Phi) is 45.3. The van der Waals surface area contributed by atoms with Crippen molar-refractivity contribution in [1.29, 1.82) is 0 Å². The molecule has 8 heteroatoms. The lowest BCUT2D eigenvalue weighted by Gasteiger charge is -2.31. The molecule has 0 bridgehead atoms. The first kappa shape index (κ1) is 62.0. The number of hydrogen-bond donors (Lipinski definition) is 1. The Balaban J connectivity index is 4.25. The van der Waals surface area contributed by atoms with Gasteiger partial charge in [-0.05, 0) is 64.2 Å². The van der Waals surface area contributed by atoms with Gasteiger partial charge in [-0.1, -0.05) is 209 Å². The van der Waals surface area contributed by atoms with Crippen molar-refractivity contribution < 1.29 is 38.2 Å². The van der Waals surface area contributed by atoms with E-state index in [1.807, 2.05) is 21.1 Å². The van der Waals surface area contributed by atoms with Crippen molar-refractivity contribution in [1.82, 2.24) is 0 Å². The fourth-order valence-corrected chi connectivity index (χ4v) is 7.81. The zero-order valence-corrected chi connectivity index (χ0v) is 42.9. The van der Waals surface area contributed by atoms with Crippen molar-refractivity contribution >= 4 is 17.9 Å². The molecule has 0 radical (unpaired) electrons. The molecule has 0 heterocycles. The van der Waals surface area contributed by atoms with E-state index in [1.165, 1.54) is 135 Å². The van der Waals surface area contributed by atoms with Gasteiger partial charge in [0, 0.05) is 19.3 Å². The summed E-state index contributed by atoms with van der Waals surface area (Å²) in [4.78, 5) is 37.2. The number of carbonyl (C=O) groups is 3. The number of ether oxygens (including phenoxy) is 3. The van der Waals surface area contributed by atoms with E-state index >= 15 is 0 Å². The van der Waals surface area contributed by atoms with Crippen LogP contribution < -0.4 is 0 Å². The molecule has 376 valence electrons. The number of allylic oxidation sites excluding steroid dienone is 10. The molecule has 65 heavy (non-hydrogen) atoms. The van der Waals surface area contributed by atoms with E-state index in [9.17, 15) is 19.5 Å². The summed E-state index contributed by atoms with van der Waals surface area (Å²) in [5.41, 5.74) is 0. The van der Waals surface area contributed by atoms with Crippen LogP contribution in [0.3, 0.4) is 0 Å². The molecule has 0 aromatic carbocycles. The van der Waals surface area contributed by atoms with Gasteiger partial charge in [0.2, 0.25) is 0 Å². The maximum absolute atomic E-state index is 12.8. The standard InChI is InChI=1S/C57H101NO7/c1-6-8-10-12-14-16-18-20-22-24-26-27-28-29-30-32-33-35-37-39-41-43-45-47-55(59)64-52-53(51-63-50-49-54(57(61)62)58(3,4)5)65-56(60)48-46-44-42-40-38-36-34-31-25-23-21-19-17-15-13-11-9-7-2/h15,17,19,21,23,25,29-31,34,53-54H,6-14,16,18,20,22,24,26-28,32-33,35-52H2,1-5H3/p+1/b17-15+,21-19+,25-23+,30-29+,34-31+. The molecule has 0 saturated heterocycles. The lowest BCUT2D eigenvalue weighted by molar-refractivity contribution is -0.887. The van der Waals surface area contributed by atoms with Gasteiger partial charge in [0.15, 0.2) is 12.1 Å². The van der Waals surface area contributed by atoms with Crippen molar-refractivity contribution in [3.05, 3.63) is 60.8 Å². The lowest BCUT2D eigenvalue weighted by Crippen LogP contribution is -2.50. The van der Waals surface area contributed by atoms with Crippen LogP contribution in [-0.4, -0.2) is 80.6 Å². The van der Waals surface area contributed by atoms with Crippen molar-refractivity contribution in [2.75, 3.05) is 41.0 Å². The van der Waals surface area contributed by atoms with E-state index in [-0.39, 0.29) is 36.2 Å². The molecule has 0 aromatic rings. The fourth-order valence-electron chi connectivity index (χ4n) is 7.81. The van der Waals surface area contributed by atoms with E-state index in [2.05, 4.69) is 74.6 Å². The molecule has 0 fully saturated rings. The third-order valence-electron chi connectivity index (χ3n) is 12.0. The summed E-state index contributed by atoms with van der Waals surface area (Å²) in [6.07, 6.45) is 59.9. The molecule has 0 aromatic heterocycles. The maximum atomic E-state index is 12.8. The normalized spacial score (nSPS) is 13.3. The second-order valence-electron chi connectivity index (χ2n) is 19.2. The minimum atomic E-state index is -0.880. The van der Waals surface area contributed by atoms with Crippen LogP contribution in [0.4, 0.5) is 0 Å². The first-order chi connectivity index (χ1) is 31.6. The van der Waals surface area contributed by atoms with Crippen LogP contribution in [-0.2, 0) is 28.6 Å². The van der Waals surface area contributed by atoms with Gasteiger partial charge >= 0.3 is 17.9 Å². The van der Waals surface area contributed by atoms with Crippen LogP contribution in [0.5, 0.6) is 0 Å². The van der Waals surface area contributed by atoms with E-state index < -0.39 is 18.1 Å². The molecule has 0 saturated carbocycles. The van der Waals surface area contributed by atoms with Crippen molar-refractivity contribution in [3.63, 3.8) is 0 Å². The highest BCUT2D eigenvalue weighted by molar-refractivity contribution is 5.72. The molecule has 2 atom stereocenters. The Morgan fingerprint density at radius 1 is 0.462 bits per heavy atom. The number of quaternary nitrogens is 1. The average Bonchev–Trinajstić information content (AvgIpc) is 3.27. The van der Waals surface area contributed by atoms with Crippen LogP contribution >= 0.6 is 0 Å². The molecule has 2 unspecified atom stereocenters. The number of unbranched alkanes of at least 4 members (excludes halogenated alkanes) is 27. The molecule has 0 aliphatic heterocycles. The van der Waals surface area contributed by atoms with Crippen molar-refractivity contribution in [3.8, 4) is 0 Å². The molecule has 0 aliphatic rings. The Morgan fingerprint density at radius 2 is 0.831 bits per heavy atom. The Bertz CT molecular complexity index is 1250. The summed E-state index contributed by atoms with van der Waals surface area (Å²) in [5.74, 6) is -1.50. The molecular formula is C57H102NO7+. The van der Waals surface area contributed by atoms with Gasteiger partial charge in [-0.2, -0.15) is 0 Å². The summed E-state index contributed by atoms with van der Waals surface area (Å²) in [5, 5.41) is 9.66. The number of hydrogen-bond acceptors (Lipinski definition) is 6. The Labute approximate surface area is 400 Å². The molecule has 0 aliphatic carbocycles.